The third-order valence-corrected chi connectivity index (χ3v) is 5.40. The summed E-state index contributed by atoms with van der Waals surface area (Å²) >= 11 is 4.95. The molecule has 1 aromatic rings. The summed E-state index contributed by atoms with van der Waals surface area (Å²) in [7, 11) is 1.68. The molecular formula is C14H19BrN2O3S. The lowest BCUT2D eigenvalue weighted by molar-refractivity contribution is -0.145. The molecule has 0 radical (unpaired) electrons. The molecule has 116 valence electrons. The molecule has 2 N–H and O–H groups in total. The summed E-state index contributed by atoms with van der Waals surface area (Å²) in [5.41, 5.74) is -0.0729. The summed E-state index contributed by atoms with van der Waals surface area (Å²) in [6.45, 7) is 0.462. The van der Waals surface area contributed by atoms with Crippen molar-refractivity contribution in [3.05, 3.63) is 20.8 Å². The Balaban J connectivity index is 1.99. The van der Waals surface area contributed by atoms with Crippen LogP contribution in [0.3, 0.4) is 0 Å². The maximum Gasteiger partial charge on any atom is 0.329 e. The fourth-order valence-electron chi connectivity index (χ4n) is 2.62. The highest BCUT2D eigenvalue weighted by molar-refractivity contribution is 9.11. The summed E-state index contributed by atoms with van der Waals surface area (Å²) in [5.74, 6) is -0.928. The van der Waals surface area contributed by atoms with E-state index < -0.39 is 11.5 Å². The van der Waals surface area contributed by atoms with E-state index in [-0.39, 0.29) is 6.03 Å². The Morgan fingerprint density at radius 3 is 2.62 bits per heavy atom. The molecule has 0 atom stereocenters. The van der Waals surface area contributed by atoms with Crippen molar-refractivity contribution >= 4 is 39.3 Å². The second-order valence-corrected chi connectivity index (χ2v) is 7.78. The van der Waals surface area contributed by atoms with Gasteiger partial charge in [0.05, 0.1) is 3.79 Å². The molecule has 1 aliphatic rings. The van der Waals surface area contributed by atoms with Gasteiger partial charge in [0, 0.05) is 13.6 Å². The van der Waals surface area contributed by atoms with Gasteiger partial charge < -0.3 is 15.3 Å². The number of carbonyl (C=O) groups is 2. The predicted molar refractivity (Wildman–Crippen MR) is 85.5 cm³/mol. The molecule has 2 rings (SSSR count). The zero-order chi connectivity index (χ0) is 15.5. The molecule has 7 heteroatoms. The molecule has 0 saturated heterocycles. The summed E-state index contributed by atoms with van der Waals surface area (Å²) in [5, 5.41) is 14.2. The molecule has 1 aliphatic carbocycles. The Bertz CT molecular complexity index is 526. The van der Waals surface area contributed by atoms with E-state index in [0.29, 0.717) is 19.4 Å². The number of halogens is 1. The molecule has 0 aliphatic heterocycles. The van der Waals surface area contributed by atoms with Gasteiger partial charge in [0.2, 0.25) is 0 Å². The SMILES string of the molecule is CN(Cc1csc(Br)c1)C(=O)NC1(C(=O)O)CCCCC1. The highest BCUT2D eigenvalue weighted by Crippen LogP contribution is 2.29. The smallest absolute Gasteiger partial charge is 0.329 e. The maximum absolute atomic E-state index is 12.3. The second-order valence-electron chi connectivity index (χ2n) is 5.49. The average Bonchev–Trinajstić information content (AvgIpc) is 2.85. The van der Waals surface area contributed by atoms with E-state index in [4.69, 9.17) is 0 Å². The van der Waals surface area contributed by atoms with Crippen molar-refractivity contribution in [2.45, 2.75) is 44.2 Å². The number of rotatable bonds is 4. The lowest BCUT2D eigenvalue weighted by Gasteiger charge is -2.35. The van der Waals surface area contributed by atoms with Gasteiger partial charge in [-0.15, -0.1) is 11.3 Å². The molecular weight excluding hydrogens is 356 g/mol. The highest BCUT2D eigenvalue weighted by atomic mass is 79.9. The van der Waals surface area contributed by atoms with Crippen LogP contribution in [0.15, 0.2) is 15.2 Å². The van der Waals surface area contributed by atoms with Gasteiger partial charge >= 0.3 is 12.0 Å². The minimum absolute atomic E-state index is 0.332. The lowest BCUT2D eigenvalue weighted by Crippen LogP contribution is -2.58. The van der Waals surface area contributed by atoms with E-state index in [1.165, 1.54) is 4.90 Å². The van der Waals surface area contributed by atoms with E-state index in [1.807, 2.05) is 11.4 Å². The fourth-order valence-corrected chi connectivity index (χ4v) is 3.82. The number of nitrogens with one attached hydrogen (secondary N) is 1. The number of aliphatic carboxylic acids is 1. The number of amides is 2. The molecule has 2 amide bonds. The minimum Gasteiger partial charge on any atom is -0.480 e. The van der Waals surface area contributed by atoms with Gasteiger partial charge in [-0.1, -0.05) is 19.3 Å². The molecule has 1 saturated carbocycles. The average molecular weight is 375 g/mol. The van der Waals surface area contributed by atoms with Crippen LogP contribution in [0.1, 0.15) is 37.7 Å². The largest absolute Gasteiger partial charge is 0.480 e. The van der Waals surface area contributed by atoms with Gasteiger partial charge in [0.15, 0.2) is 0 Å². The number of carboxylic acid groups (broad SMARTS) is 1. The van der Waals surface area contributed by atoms with Crippen LogP contribution in [0, 0.1) is 0 Å². The van der Waals surface area contributed by atoms with Gasteiger partial charge in [-0.3, -0.25) is 0 Å². The van der Waals surface area contributed by atoms with E-state index in [1.54, 1.807) is 18.4 Å². The van der Waals surface area contributed by atoms with Crippen LogP contribution in [0.5, 0.6) is 0 Å². The lowest BCUT2D eigenvalue weighted by atomic mass is 9.82. The Morgan fingerprint density at radius 2 is 2.10 bits per heavy atom. The van der Waals surface area contributed by atoms with Gasteiger partial charge in [-0.2, -0.15) is 0 Å². The van der Waals surface area contributed by atoms with Crippen LogP contribution in [0.2, 0.25) is 0 Å². The zero-order valence-corrected chi connectivity index (χ0v) is 14.3. The Morgan fingerprint density at radius 1 is 1.43 bits per heavy atom. The fraction of sp³-hybridized carbons (Fsp3) is 0.571. The molecule has 21 heavy (non-hydrogen) atoms. The first kappa shape index (κ1) is 16.3. The second kappa shape index (κ2) is 6.79. The number of nitrogens with zero attached hydrogens (tertiary/aromatic N) is 1. The quantitative estimate of drug-likeness (QED) is 0.847. The molecule has 0 aromatic carbocycles. The topological polar surface area (TPSA) is 69.6 Å². The number of hydrogen-bond donors (Lipinski definition) is 2. The number of urea groups is 1. The van der Waals surface area contributed by atoms with Gasteiger partial charge in [-0.05, 0) is 45.8 Å². The van der Waals surface area contributed by atoms with Gasteiger partial charge in [0.25, 0.3) is 0 Å². The Hall–Kier alpha value is -1.08. The van der Waals surface area contributed by atoms with Crippen molar-refractivity contribution in [3.8, 4) is 0 Å². The standard InChI is InChI=1S/C14H19BrN2O3S/c1-17(8-10-7-11(15)21-9-10)13(20)16-14(12(18)19)5-3-2-4-6-14/h7,9H,2-6,8H2,1H3,(H,16,20)(H,18,19). The van der Waals surface area contributed by atoms with Crippen LogP contribution >= 0.6 is 27.3 Å². The summed E-state index contributed by atoms with van der Waals surface area (Å²) < 4.78 is 1.01. The van der Waals surface area contributed by atoms with Crippen molar-refractivity contribution in [1.82, 2.24) is 10.2 Å². The van der Waals surface area contributed by atoms with Crippen LogP contribution in [0.25, 0.3) is 0 Å². The van der Waals surface area contributed by atoms with Crippen LogP contribution < -0.4 is 5.32 Å². The third-order valence-electron chi connectivity index (χ3n) is 3.85. The van der Waals surface area contributed by atoms with Crippen LogP contribution in [-0.4, -0.2) is 34.6 Å². The molecule has 0 spiro atoms. The predicted octanol–water partition coefficient (Wildman–Crippen LogP) is 3.44. The first-order valence-corrected chi connectivity index (χ1v) is 8.60. The van der Waals surface area contributed by atoms with E-state index in [9.17, 15) is 14.7 Å². The van der Waals surface area contributed by atoms with Crippen molar-refractivity contribution in [3.63, 3.8) is 0 Å². The monoisotopic (exact) mass is 374 g/mol. The van der Waals surface area contributed by atoms with E-state index in [2.05, 4.69) is 21.2 Å². The number of carbonyl (C=O) groups excluding carboxylic acids is 1. The molecule has 0 bridgehead atoms. The number of hydrogen-bond acceptors (Lipinski definition) is 3. The minimum atomic E-state index is -1.10. The van der Waals surface area contributed by atoms with Crippen LogP contribution in [-0.2, 0) is 11.3 Å². The normalized spacial score (nSPS) is 17.2. The van der Waals surface area contributed by atoms with E-state index in [0.717, 1.165) is 28.6 Å². The van der Waals surface area contributed by atoms with Gasteiger partial charge in [0.1, 0.15) is 5.54 Å². The van der Waals surface area contributed by atoms with Crippen molar-refractivity contribution in [2.24, 2.45) is 0 Å². The number of carboxylic acids is 1. The molecule has 1 heterocycles. The molecule has 0 unspecified atom stereocenters. The third kappa shape index (κ3) is 3.97. The first-order valence-electron chi connectivity index (χ1n) is 6.92. The Labute approximate surface area is 136 Å². The summed E-state index contributed by atoms with van der Waals surface area (Å²) in [6.07, 6.45) is 3.73. The van der Waals surface area contributed by atoms with Gasteiger partial charge in [-0.25, -0.2) is 9.59 Å². The van der Waals surface area contributed by atoms with Crippen molar-refractivity contribution in [1.29, 1.82) is 0 Å². The highest BCUT2D eigenvalue weighted by Gasteiger charge is 2.41. The molecule has 5 nitrogen and oxygen atoms in total. The first-order chi connectivity index (χ1) is 9.93. The number of thiophene rings is 1. The van der Waals surface area contributed by atoms with Crippen molar-refractivity contribution < 1.29 is 14.7 Å². The van der Waals surface area contributed by atoms with E-state index >= 15 is 0 Å². The Kier molecular flexibility index (Phi) is 5.27. The summed E-state index contributed by atoms with van der Waals surface area (Å²) in [4.78, 5) is 25.4. The summed E-state index contributed by atoms with van der Waals surface area (Å²) in [6, 6.07) is 1.63. The molecule has 1 fully saturated rings. The van der Waals surface area contributed by atoms with Crippen molar-refractivity contribution in [2.75, 3.05) is 7.05 Å². The molecule has 1 aromatic heterocycles. The maximum atomic E-state index is 12.3. The zero-order valence-electron chi connectivity index (χ0n) is 11.9. The van der Waals surface area contributed by atoms with Crippen LogP contribution in [0.4, 0.5) is 4.79 Å².